The van der Waals surface area contributed by atoms with Gasteiger partial charge in [-0.2, -0.15) is 0 Å². The van der Waals surface area contributed by atoms with E-state index >= 15 is 0 Å². The van der Waals surface area contributed by atoms with Gasteiger partial charge in [0.2, 0.25) is 0 Å². The molecular formula is C20H24O6. The molecule has 0 unspecified atom stereocenters. The number of carbonyl (C=O) groups is 3. The Kier molecular flexibility index (Phi) is 5.66. The first-order valence-electron chi connectivity index (χ1n) is 8.44. The highest BCUT2D eigenvalue weighted by atomic mass is 16.6. The van der Waals surface area contributed by atoms with Gasteiger partial charge in [-0.25, -0.2) is 9.59 Å². The molecule has 1 aliphatic carbocycles. The minimum Gasteiger partial charge on any atom is -0.458 e. The summed E-state index contributed by atoms with van der Waals surface area (Å²) in [6.07, 6.45) is 4.15. The third kappa shape index (κ3) is 4.19. The van der Waals surface area contributed by atoms with E-state index < -0.39 is 35.7 Å². The highest BCUT2D eigenvalue weighted by Gasteiger charge is 2.46. The van der Waals surface area contributed by atoms with Crippen LogP contribution in [0.2, 0.25) is 0 Å². The van der Waals surface area contributed by atoms with Gasteiger partial charge in [-0.15, -0.1) is 0 Å². The second kappa shape index (κ2) is 7.41. The van der Waals surface area contributed by atoms with Crippen LogP contribution in [0.4, 0.5) is 0 Å². The van der Waals surface area contributed by atoms with Crippen molar-refractivity contribution >= 4 is 17.7 Å². The Morgan fingerprint density at radius 1 is 1.46 bits per heavy atom. The predicted octanol–water partition coefficient (Wildman–Crippen LogP) is 2.19. The van der Waals surface area contributed by atoms with Gasteiger partial charge in [0, 0.05) is 17.6 Å². The zero-order valence-electron chi connectivity index (χ0n) is 15.4. The molecule has 0 bridgehead atoms. The number of ether oxygens (including phenoxy) is 2. The van der Waals surface area contributed by atoms with Crippen molar-refractivity contribution < 1.29 is 29.0 Å². The Morgan fingerprint density at radius 2 is 2.12 bits per heavy atom. The van der Waals surface area contributed by atoms with Crippen LogP contribution < -0.4 is 0 Å². The van der Waals surface area contributed by atoms with Gasteiger partial charge in [-0.05, 0) is 51.5 Å². The first-order valence-corrected chi connectivity index (χ1v) is 8.44. The van der Waals surface area contributed by atoms with Gasteiger partial charge in [0.05, 0.1) is 11.5 Å². The second-order valence-corrected chi connectivity index (χ2v) is 6.94. The van der Waals surface area contributed by atoms with Crippen molar-refractivity contribution in [1.29, 1.82) is 0 Å². The van der Waals surface area contributed by atoms with Crippen LogP contribution in [-0.2, 0) is 23.9 Å². The molecule has 0 saturated carbocycles. The number of rotatable bonds is 2. The van der Waals surface area contributed by atoms with Crippen LogP contribution in [0.5, 0.6) is 0 Å². The zero-order chi connectivity index (χ0) is 19.6. The maximum absolute atomic E-state index is 12.3. The Balaban J connectivity index is 2.50. The van der Waals surface area contributed by atoms with E-state index in [1.54, 1.807) is 26.8 Å². The molecule has 2 rings (SSSR count). The molecule has 1 aliphatic heterocycles. The minimum atomic E-state index is -1.42. The van der Waals surface area contributed by atoms with Crippen molar-refractivity contribution in [2.24, 2.45) is 5.92 Å². The van der Waals surface area contributed by atoms with Gasteiger partial charge in [-0.1, -0.05) is 12.7 Å². The van der Waals surface area contributed by atoms with E-state index in [-0.39, 0.29) is 17.8 Å². The monoisotopic (exact) mass is 360 g/mol. The molecule has 140 valence electrons. The number of allylic oxidation sites excluding steroid dienone is 3. The van der Waals surface area contributed by atoms with Crippen molar-refractivity contribution in [3.05, 3.63) is 47.6 Å². The summed E-state index contributed by atoms with van der Waals surface area (Å²) in [7, 11) is 0. The van der Waals surface area contributed by atoms with Crippen LogP contribution in [0.15, 0.2) is 47.6 Å². The lowest BCUT2D eigenvalue weighted by atomic mass is 9.82. The van der Waals surface area contributed by atoms with E-state index in [2.05, 4.69) is 6.58 Å². The molecule has 0 spiro atoms. The number of aliphatic hydroxyl groups is 1. The van der Waals surface area contributed by atoms with Crippen LogP contribution in [0.25, 0.3) is 0 Å². The largest absolute Gasteiger partial charge is 0.458 e. The van der Waals surface area contributed by atoms with Crippen molar-refractivity contribution in [1.82, 2.24) is 0 Å². The molecule has 0 amide bonds. The van der Waals surface area contributed by atoms with Gasteiger partial charge >= 0.3 is 11.9 Å². The molecule has 1 N–H and O–H groups in total. The summed E-state index contributed by atoms with van der Waals surface area (Å²) in [5.41, 5.74) is -0.487. The predicted molar refractivity (Wildman–Crippen MR) is 95.0 cm³/mol. The van der Waals surface area contributed by atoms with Gasteiger partial charge in [0.1, 0.15) is 12.2 Å². The molecule has 0 aromatic rings. The van der Waals surface area contributed by atoms with Gasteiger partial charge in [0.25, 0.3) is 0 Å². The molecule has 0 aromatic carbocycles. The fraction of sp³-hybridized carbons (Fsp3) is 0.450. The van der Waals surface area contributed by atoms with Crippen LogP contribution >= 0.6 is 0 Å². The fourth-order valence-corrected chi connectivity index (χ4v) is 2.96. The third-order valence-electron chi connectivity index (χ3n) is 4.69. The Hall–Kier alpha value is -2.47. The van der Waals surface area contributed by atoms with Crippen LogP contribution in [0.3, 0.4) is 0 Å². The quantitative estimate of drug-likeness (QED) is 0.600. The van der Waals surface area contributed by atoms with E-state index in [4.69, 9.17) is 9.47 Å². The maximum Gasteiger partial charge on any atom is 0.334 e. The number of carbonyl (C=O) groups excluding carboxylic acids is 3. The fourth-order valence-electron chi connectivity index (χ4n) is 2.96. The van der Waals surface area contributed by atoms with Crippen molar-refractivity contribution in [2.75, 3.05) is 0 Å². The molecule has 2 aliphatic rings. The average molecular weight is 360 g/mol. The number of esters is 2. The Morgan fingerprint density at radius 3 is 2.73 bits per heavy atom. The Bertz CT molecular complexity index is 737. The number of fused-ring (bicyclic) bond motifs is 1. The maximum atomic E-state index is 12.3. The van der Waals surface area contributed by atoms with Crippen LogP contribution in [0.1, 0.15) is 34.1 Å². The minimum absolute atomic E-state index is 0.0107. The van der Waals surface area contributed by atoms with Crippen molar-refractivity contribution in [3.8, 4) is 0 Å². The lowest BCUT2D eigenvalue weighted by Crippen LogP contribution is -2.39. The van der Waals surface area contributed by atoms with E-state index in [1.807, 2.05) is 0 Å². The van der Waals surface area contributed by atoms with E-state index in [9.17, 15) is 19.5 Å². The third-order valence-corrected chi connectivity index (χ3v) is 4.69. The molecule has 26 heavy (non-hydrogen) atoms. The Labute approximate surface area is 152 Å². The molecule has 6 nitrogen and oxygen atoms in total. The summed E-state index contributed by atoms with van der Waals surface area (Å²) >= 11 is 0. The molecule has 0 aromatic heterocycles. The first kappa shape index (κ1) is 19.8. The van der Waals surface area contributed by atoms with E-state index in [0.717, 1.165) is 0 Å². The smallest absolute Gasteiger partial charge is 0.334 e. The van der Waals surface area contributed by atoms with Gasteiger partial charge in [0.15, 0.2) is 5.78 Å². The summed E-state index contributed by atoms with van der Waals surface area (Å²) in [6, 6.07) is 0. The number of hydrogen-bond acceptors (Lipinski definition) is 6. The number of hydrogen-bond donors (Lipinski definition) is 1. The van der Waals surface area contributed by atoms with E-state index in [0.29, 0.717) is 11.1 Å². The summed E-state index contributed by atoms with van der Waals surface area (Å²) in [4.78, 5) is 36.5. The SMILES string of the molecule is C=C1C(=O)O[C@H]2/C=C(/C)C(=O)/C=C/[C@](C)(O)C[C@@H](OC(=O)/C(C)=C/C)[C@@H]12. The lowest BCUT2D eigenvalue weighted by Gasteiger charge is -2.31. The normalized spacial score (nSPS) is 35.9. The van der Waals surface area contributed by atoms with Gasteiger partial charge < -0.3 is 14.6 Å². The molecule has 1 heterocycles. The highest BCUT2D eigenvalue weighted by molar-refractivity contribution is 6.03. The zero-order valence-corrected chi connectivity index (χ0v) is 15.4. The lowest BCUT2D eigenvalue weighted by molar-refractivity contribution is -0.150. The summed E-state index contributed by atoms with van der Waals surface area (Å²) in [5, 5.41) is 10.6. The first-order chi connectivity index (χ1) is 12.1. The van der Waals surface area contributed by atoms with Gasteiger partial charge in [-0.3, -0.25) is 4.79 Å². The molecule has 6 heteroatoms. The van der Waals surface area contributed by atoms with Crippen molar-refractivity contribution in [2.45, 2.75) is 51.9 Å². The van der Waals surface area contributed by atoms with E-state index in [1.165, 1.54) is 25.2 Å². The molecule has 0 radical (unpaired) electrons. The summed E-state index contributed by atoms with van der Waals surface area (Å²) < 4.78 is 10.9. The topological polar surface area (TPSA) is 89.9 Å². The van der Waals surface area contributed by atoms with Crippen LogP contribution in [0, 0.1) is 5.92 Å². The average Bonchev–Trinajstić information content (AvgIpc) is 2.84. The standard InChI is InChI=1S/C20H24O6/c1-6-11(2)18(22)26-16-10-20(5,24)8-7-14(21)12(3)9-15-17(16)13(4)19(23)25-15/h6-9,15-17,24H,4,10H2,1-3,5H3/b8-7+,11-6+,12-9-/t15-,16+,17-,20-/m0/s1. The summed E-state index contributed by atoms with van der Waals surface area (Å²) in [5.74, 6) is -2.13. The second-order valence-electron chi connectivity index (χ2n) is 6.94. The molecule has 1 saturated heterocycles. The van der Waals surface area contributed by atoms with Crippen LogP contribution in [-0.4, -0.2) is 40.6 Å². The molecule has 4 atom stereocenters. The van der Waals surface area contributed by atoms with Crippen molar-refractivity contribution in [3.63, 3.8) is 0 Å². The number of ketones is 1. The molecule has 1 fully saturated rings. The summed E-state index contributed by atoms with van der Waals surface area (Å²) in [6.45, 7) is 10.2. The highest BCUT2D eigenvalue weighted by Crippen LogP contribution is 2.37. The molecular weight excluding hydrogens is 336 g/mol.